The Morgan fingerprint density at radius 1 is 1.14 bits per heavy atom. The molecule has 2 rings (SSSR count). The summed E-state index contributed by atoms with van der Waals surface area (Å²) in [6.45, 7) is 2.75. The molecule has 0 heterocycles. The van der Waals surface area contributed by atoms with Gasteiger partial charge in [-0.25, -0.2) is 0 Å². The quantitative estimate of drug-likeness (QED) is 0.785. The molecule has 2 N–H and O–H groups in total. The second-order valence-electron chi connectivity index (χ2n) is 6.77. The minimum atomic E-state index is 0.249. The molecule has 0 radical (unpaired) electrons. The van der Waals surface area contributed by atoms with Gasteiger partial charge in [0.15, 0.2) is 0 Å². The standard InChI is InChI=1S/C17H32N2O2/c1-21-12-11-19(10-4-9-18)17(20)16-8-7-14-5-2-3-6-15(14)13-16/h14-16H,2-13,18H2,1H3. The highest BCUT2D eigenvalue weighted by Gasteiger charge is 2.36. The van der Waals surface area contributed by atoms with E-state index < -0.39 is 0 Å². The van der Waals surface area contributed by atoms with Crippen molar-refractivity contribution in [2.75, 3.05) is 33.4 Å². The number of fused-ring (bicyclic) bond motifs is 1. The zero-order valence-corrected chi connectivity index (χ0v) is 13.6. The Kier molecular flexibility index (Phi) is 6.97. The third-order valence-corrected chi connectivity index (χ3v) is 5.40. The Hall–Kier alpha value is -0.610. The molecule has 0 spiro atoms. The molecule has 3 atom stereocenters. The van der Waals surface area contributed by atoms with Gasteiger partial charge < -0.3 is 15.4 Å². The minimum Gasteiger partial charge on any atom is -0.383 e. The summed E-state index contributed by atoms with van der Waals surface area (Å²) >= 11 is 0. The molecule has 0 aromatic rings. The van der Waals surface area contributed by atoms with Crippen molar-refractivity contribution in [2.24, 2.45) is 23.5 Å². The number of amides is 1. The van der Waals surface area contributed by atoms with Gasteiger partial charge in [-0.3, -0.25) is 4.79 Å². The van der Waals surface area contributed by atoms with E-state index in [4.69, 9.17) is 10.5 Å². The van der Waals surface area contributed by atoms with Crippen LogP contribution in [0.25, 0.3) is 0 Å². The lowest BCUT2D eigenvalue weighted by molar-refractivity contribution is -0.138. The summed E-state index contributed by atoms with van der Waals surface area (Å²) < 4.78 is 5.15. The SMILES string of the molecule is COCCN(CCCN)C(=O)C1CCC2CCCCC2C1. The molecule has 122 valence electrons. The van der Waals surface area contributed by atoms with Crippen molar-refractivity contribution in [2.45, 2.75) is 51.4 Å². The van der Waals surface area contributed by atoms with Crippen molar-refractivity contribution in [3.05, 3.63) is 0 Å². The molecular weight excluding hydrogens is 264 g/mol. The van der Waals surface area contributed by atoms with Gasteiger partial charge in [-0.2, -0.15) is 0 Å². The number of hydrogen-bond donors (Lipinski definition) is 1. The van der Waals surface area contributed by atoms with E-state index in [0.717, 1.165) is 37.6 Å². The highest BCUT2D eigenvalue weighted by molar-refractivity contribution is 5.79. The van der Waals surface area contributed by atoms with Gasteiger partial charge in [-0.15, -0.1) is 0 Å². The summed E-state index contributed by atoms with van der Waals surface area (Å²) in [4.78, 5) is 14.8. The first-order valence-electron chi connectivity index (χ1n) is 8.74. The van der Waals surface area contributed by atoms with Gasteiger partial charge in [-0.05, 0) is 44.1 Å². The van der Waals surface area contributed by atoms with Crippen LogP contribution >= 0.6 is 0 Å². The molecule has 0 bridgehead atoms. The summed E-state index contributed by atoms with van der Waals surface area (Å²) in [6.07, 6.45) is 9.85. The molecular formula is C17H32N2O2. The minimum absolute atomic E-state index is 0.249. The van der Waals surface area contributed by atoms with E-state index >= 15 is 0 Å². The fourth-order valence-electron chi connectivity index (χ4n) is 4.17. The Balaban J connectivity index is 1.89. The third-order valence-electron chi connectivity index (χ3n) is 5.40. The maximum Gasteiger partial charge on any atom is 0.225 e. The predicted octanol–water partition coefficient (Wildman–Crippen LogP) is 2.42. The number of nitrogens with zero attached hydrogens (tertiary/aromatic N) is 1. The summed E-state index contributed by atoms with van der Waals surface area (Å²) in [5.74, 6) is 2.31. The topological polar surface area (TPSA) is 55.6 Å². The van der Waals surface area contributed by atoms with Crippen molar-refractivity contribution in [1.29, 1.82) is 0 Å². The molecule has 0 aliphatic heterocycles. The normalized spacial score (nSPS) is 29.0. The molecule has 0 aromatic carbocycles. The van der Waals surface area contributed by atoms with Gasteiger partial charge in [0, 0.05) is 26.1 Å². The second-order valence-corrected chi connectivity index (χ2v) is 6.77. The first-order chi connectivity index (χ1) is 10.3. The fraction of sp³-hybridized carbons (Fsp3) is 0.941. The first-order valence-corrected chi connectivity index (χ1v) is 8.74. The van der Waals surface area contributed by atoms with E-state index in [9.17, 15) is 4.79 Å². The lowest BCUT2D eigenvalue weighted by atomic mass is 9.67. The molecule has 2 fully saturated rings. The Bertz CT molecular complexity index is 314. The van der Waals surface area contributed by atoms with Crippen LogP contribution in [-0.4, -0.2) is 44.2 Å². The molecule has 2 saturated carbocycles. The average Bonchev–Trinajstić information content (AvgIpc) is 2.54. The maximum absolute atomic E-state index is 12.8. The van der Waals surface area contributed by atoms with Crippen LogP contribution in [0.2, 0.25) is 0 Å². The molecule has 0 aromatic heterocycles. The molecule has 1 amide bonds. The van der Waals surface area contributed by atoms with E-state index in [1.165, 1.54) is 32.1 Å². The largest absolute Gasteiger partial charge is 0.383 e. The summed E-state index contributed by atoms with van der Waals surface area (Å²) in [7, 11) is 1.69. The zero-order valence-electron chi connectivity index (χ0n) is 13.6. The number of rotatable bonds is 7. The molecule has 2 aliphatic rings. The van der Waals surface area contributed by atoms with E-state index in [0.29, 0.717) is 25.6 Å². The summed E-state index contributed by atoms with van der Waals surface area (Å²) in [5, 5.41) is 0. The van der Waals surface area contributed by atoms with Crippen LogP contribution in [0.4, 0.5) is 0 Å². The average molecular weight is 296 g/mol. The number of carbonyl (C=O) groups is 1. The van der Waals surface area contributed by atoms with E-state index in [-0.39, 0.29) is 5.92 Å². The lowest BCUT2D eigenvalue weighted by Crippen LogP contribution is -2.42. The second kappa shape index (κ2) is 8.74. The van der Waals surface area contributed by atoms with Crippen molar-refractivity contribution in [1.82, 2.24) is 4.90 Å². The number of ether oxygens (including phenoxy) is 1. The first kappa shape index (κ1) is 16.8. The highest BCUT2D eigenvalue weighted by atomic mass is 16.5. The fourth-order valence-corrected chi connectivity index (χ4v) is 4.17. The smallest absolute Gasteiger partial charge is 0.225 e. The van der Waals surface area contributed by atoms with Crippen LogP contribution < -0.4 is 5.73 Å². The van der Waals surface area contributed by atoms with Gasteiger partial charge in [0.25, 0.3) is 0 Å². The number of methoxy groups -OCH3 is 1. The molecule has 4 nitrogen and oxygen atoms in total. The van der Waals surface area contributed by atoms with Crippen LogP contribution in [0, 0.1) is 17.8 Å². The van der Waals surface area contributed by atoms with Crippen molar-refractivity contribution < 1.29 is 9.53 Å². The van der Waals surface area contributed by atoms with Gasteiger partial charge in [0.1, 0.15) is 0 Å². The molecule has 3 unspecified atom stereocenters. The monoisotopic (exact) mass is 296 g/mol. The van der Waals surface area contributed by atoms with Crippen molar-refractivity contribution in [3.8, 4) is 0 Å². The van der Waals surface area contributed by atoms with Gasteiger partial charge in [0.2, 0.25) is 5.91 Å². The van der Waals surface area contributed by atoms with Gasteiger partial charge in [-0.1, -0.05) is 25.7 Å². The predicted molar refractivity (Wildman–Crippen MR) is 84.9 cm³/mol. The molecule has 2 aliphatic carbocycles. The van der Waals surface area contributed by atoms with E-state index in [1.54, 1.807) is 7.11 Å². The van der Waals surface area contributed by atoms with Crippen LogP contribution in [0.1, 0.15) is 51.4 Å². The number of hydrogen-bond acceptors (Lipinski definition) is 3. The van der Waals surface area contributed by atoms with Gasteiger partial charge in [0.05, 0.1) is 6.61 Å². The van der Waals surface area contributed by atoms with Crippen molar-refractivity contribution >= 4 is 5.91 Å². The van der Waals surface area contributed by atoms with Crippen LogP contribution in [0.5, 0.6) is 0 Å². The molecule has 21 heavy (non-hydrogen) atoms. The van der Waals surface area contributed by atoms with E-state index in [2.05, 4.69) is 0 Å². The van der Waals surface area contributed by atoms with E-state index in [1.807, 2.05) is 4.90 Å². The third kappa shape index (κ3) is 4.68. The van der Waals surface area contributed by atoms with Gasteiger partial charge >= 0.3 is 0 Å². The Labute approximate surface area is 129 Å². The summed E-state index contributed by atoms with van der Waals surface area (Å²) in [6, 6.07) is 0. The van der Waals surface area contributed by atoms with Crippen LogP contribution in [-0.2, 0) is 9.53 Å². The Morgan fingerprint density at radius 2 is 1.90 bits per heavy atom. The van der Waals surface area contributed by atoms with Crippen LogP contribution in [0.3, 0.4) is 0 Å². The molecule has 0 saturated heterocycles. The number of nitrogens with two attached hydrogens (primary N) is 1. The zero-order chi connectivity index (χ0) is 15.1. The maximum atomic E-state index is 12.8. The lowest BCUT2D eigenvalue weighted by Gasteiger charge is -2.40. The Morgan fingerprint density at radius 3 is 2.62 bits per heavy atom. The molecule has 4 heteroatoms. The van der Waals surface area contributed by atoms with Crippen molar-refractivity contribution in [3.63, 3.8) is 0 Å². The number of carbonyl (C=O) groups excluding carboxylic acids is 1. The van der Waals surface area contributed by atoms with Crippen LogP contribution in [0.15, 0.2) is 0 Å². The summed E-state index contributed by atoms with van der Waals surface area (Å²) in [5.41, 5.74) is 5.60. The highest BCUT2D eigenvalue weighted by Crippen LogP contribution is 2.43.